The van der Waals surface area contributed by atoms with Gasteiger partial charge in [-0.2, -0.15) is 0 Å². The maximum atomic E-state index is 8.43. The average molecular weight is 236 g/mol. The third-order valence-electron chi connectivity index (χ3n) is 1.51. The normalized spacial score (nSPS) is 12.0. The molecule has 0 spiro atoms. The van der Waals surface area contributed by atoms with Gasteiger partial charge < -0.3 is 19.3 Å². The number of hydrogen-bond donors (Lipinski definition) is 1. The van der Waals surface area contributed by atoms with Gasteiger partial charge in [0.25, 0.3) is 0 Å². The van der Waals surface area contributed by atoms with Crippen molar-refractivity contribution in [1.29, 1.82) is 0 Å². The zero-order valence-electron chi connectivity index (χ0n) is 10.1. The largest absolute Gasteiger partial charge is 0.394 e. The van der Waals surface area contributed by atoms with Gasteiger partial charge >= 0.3 is 0 Å². The lowest BCUT2D eigenvalue weighted by Gasteiger charge is -2.15. The van der Waals surface area contributed by atoms with Crippen molar-refractivity contribution in [3.05, 3.63) is 0 Å². The van der Waals surface area contributed by atoms with Crippen molar-refractivity contribution in [2.45, 2.75) is 19.6 Å². The molecule has 0 aliphatic heterocycles. The Morgan fingerprint density at radius 1 is 0.800 bits per heavy atom. The van der Waals surface area contributed by atoms with Crippen LogP contribution in [-0.2, 0) is 14.2 Å². The van der Waals surface area contributed by atoms with Gasteiger partial charge in [-0.05, 0) is 0 Å². The van der Waals surface area contributed by atoms with Crippen LogP contribution < -0.4 is 0 Å². The topological polar surface area (TPSA) is 47.9 Å². The first-order chi connectivity index (χ1) is 7.06. The van der Waals surface area contributed by atoms with Crippen molar-refractivity contribution < 1.29 is 19.3 Å². The minimum absolute atomic E-state index is 0.0688. The van der Waals surface area contributed by atoms with Crippen LogP contribution in [0.2, 0.25) is 19.6 Å². The minimum Gasteiger partial charge on any atom is -0.394 e. The third-order valence-corrected chi connectivity index (χ3v) is 2.58. The molecule has 0 aromatic rings. The summed E-state index contributed by atoms with van der Waals surface area (Å²) in [5.41, 5.74) is 0. The van der Waals surface area contributed by atoms with Gasteiger partial charge in [0.05, 0.1) is 47.7 Å². The van der Waals surface area contributed by atoms with E-state index in [0.29, 0.717) is 33.0 Å². The molecule has 0 bridgehead atoms. The highest BCUT2D eigenvalue weighted by molar-refractivity contribution is 6.76. The van der Waals surface area contributed by atoms with Crippen molar-refractivity contribution in [1.82, 2.24) is 0 Å². The number of rotatable bonds is 10. The Bertz CT molecular complexity index is 136. The van der Waals surface area contributed by atoms with Crippen molar-refractivity contribution >= 4 is 8.07 Å². The zero-order chi connectivity index (χ0) is 11.6. The lowest BCUT2D eigenvalue weighted by Crippen LogP contribution is -2.29. The Labute approximate surface area is 93.5 Å². The predicted molar refractivity (Wildman–Crippen MR) is 62.9 cm³/mol. The molecule has 0 aromatic heterocycles. The molecular formula is C10H24O4Si. The van der Waals surface area contributed by atoms with Crippen molar-refractivity contribution in [3.63, 3.8) is 0 Å². The smallest absolute Gasteiger partial charge is 0.0746 e. The Morgan fingerprint density at radius 2 is 1.27 bits per heavy atom. The molecule has 1 N–H and O–H groups in total. The molecule has 0 fully saturated rings. The number of hydrogen-bond acceptors (Lipinski definition) is 4. The highest BCUT2D eigenvalue weighted by atomic mass is 28.3. The molecule has 0 heterocycles. The van der Waals surface area contributed by atoms with Crippen LogP contribution in [0.1, 0.15) is 0 Å². The van der Waals surface area contributed by atoms with Gasteiger partial charge in [-0.1, -0.05) is 19.6 Å². The molecule has 0 aromatic carbocycles. The molecule has 0 saturated carbocycles. The number of aliphatic hydroxyl groups is 1. The molecule has 0 saturated heterocycles. The summed E-state index contributed by atoms with van der Waals surface area (Å²) in [4.78, 5) is 0. The highest BCUT2D eigenvalue weighted by Gasteiger charge is 2.12. The van der Waals surface area contributed by atoms with Gasteiger partial charge in [-0.3, -0.25) is 0 Å². The van der Waals surface area contributed by atoms with Gasteiger partial charge in [0, 0.05) is 6.23 Å². The van der Waals surface area contributed by atoms with Crippen LogP contribution in [0.3, 0.4) is 0 Å². The monoisotopic (exact) mass is 236 g/mol. The van der Waals surface area contributed by atoms with E-state index >= 15 is 0 Å². The van der Waals surface area contributed by atoms with Gasteiger partial charge in [0.1, 0.15) is 0 Å². The van der Waals surface area contributed by atoms with Gasteiger partial charge in [0.2, 0.25) is 0 Å². The molecule has 0 radical (unpaired) electrons. The van der Waals surface area contributed by atoms with Gasteiger partial charge in [-0.15, -0.1) is 0 Å². The van der Waals surface area contributed by atoms with Gasteiger partial charge in [-0.25, -0.2) is 0 Å². The molecule has 0 aliphatic rings. The SMILES string of the molecule is C[Si](C)(C)COCCOCCOCCO. The molecular weight excluding hydrogens is 212 g/mol. The Hall–Kier alpha value is 0.0569. The summed E-state index contributed by atoms with van der Waals surface area (Å²) >= 11 is 0. The Morgan fingerprint density at radius 3 is 1.73 bits per heavy atom. The molecule has 0 rings (SSSR count). The summed E-state index contributed by atoms with van der Waals surface area (Å²) in [6.07, 6.45) is 0.886. The van der Waals surface area contributed by atoms with E-state index < -0.39 is 8.07 Å². The van der Waals surface area contributed by atoms with E-state index in [2.05, 4.69) is 19.6 Å². The van der Waals surface area contributed by atoms with Crippen LogP contribution >= 0.6 is 0 Å². The summed E-state index contributed by atoms with van der Waals surface area (Å²) in [7, 11) is -1.07. The van der Waals surface area contributed by atoms with Crippen molar-refractivity contribution in [2.24, 2.45) is 0 Å². The Kier molecular flexibility index (Phi) is 9.33. The quantitative estimate of drug-likeness (QED) is 0.452. The summed E-state index contributed by atoms with van der Waals surface area (Å²) in [6, 6.07) is 0. The van der Waals surface area contributed by atoms with E-state index in [1.165, 1.54) is 0 Å². The third kappa shape index (κ3) is 14.1. The fourth-order valence-corrected chi connectivity index (χ4v) is 1.64. The maximum absolute atomic E-state index is 8.43. The molecule has 4 nitrogen and oxygen atoms in total. The zero-order valence-corrected chi connectivity index (χ0v) is 11.1. The van der Waals surface area contributed by atoms with Crippen LogP contribution in [0.25, 0.3) is 0 Å². The second kappa shape index (κ2) is 9.29. The average Bonchev–Trinajstić information content (AvgIpc) is 2.14. The Balaban J connectivity index is 2.99. The fourth-order valence-electron chi connectivity index (χ4n) is 0.883. The lowest BCUT2D eigenvalue weighted by molar-refractivity contribution is 0.0131. The minimum atomic E-state index is -1.07. The van der Waals surface area contributed by atoms with E-state index in [0.717, 1.165) is 6.23 Å². The molecule has 15 heavy (non-hydrogen) atoms. The molecule has 0 aliphatic carbocycles. The fraction of sp³-hybridized carbons (Fsp3) is 1.00. The highest BCUT2D eigenvalue weighted by Crippen LogP contribution is 1.99. The summed E-state index contributed by atoms with van der Waals surface area (Å²) in [5.74, 6) is 0. The first kappa shape index (κ1) is 15.1. The first-order valence-electron chi connectivity index (χ1n) is 5.40. The molecule has 5 heteroatoms. The predicted octanol–water partition coefficient (Wildman–Crippen LogP) is 0.906. The molecule has 0 atom stereocenters. The second-order valence-electron chi connectivity index (χ2n) is 4.56. The summed E-state index contributed by atoms with van der Waals surface area (Å²) in [5, 5.41) is 8.43. The summed E-state index contributed by atoms with van der Waals surface area (Å²) < 4.78 is 15.8. The van der Waals surface area contributed by atoms with E-state index in [-0.39, 0.29) is 6.61 Å². The van der Waals surface area contributed by atoms with Crippen LogP contribution in [0.5, 0.6) is 0 Å². The molecule has 92 valence electrons. The van der Waals surface area contributed by atoms with Crippen LogP contribution in [-0.4, -0.2) is 59.1 Å². The molecule has 0 unspecified atom stereocenters. The van der Waals surface area contributed by atoms with Crippen molar-refractivity contribution in [2.75, 3.05) is 45.9 Å². The van der Waals surface area contributed by atoms with Crippen LogP contribution in [0, 0.1) is 0 Å². The van der Waals surface area contributed by atoms with Crippen LogP contribution in [0.15, 0.2) is 0 Å². The maximum Gasteiger partial charge on any atom is 0.0746 e. The van der Waals surface area contributed by atoms with E-state index in [4.69, 9.17) is 19.3 Å². The van der Waals surface area contributed by atoms with E-state index in [1.54, 1.807) is 0 Å². The van der Waals surface area contributed by atoms with E-state index in [9.17, 15) is 0 Å². The number of aliphatic hydroxyl groups excluding tert-OH is 1. The summed E-state index contributed by atoms with van der Waals surface area (Å²) in [6.45, 7) is 9.65. The van der Waals surface area contributed by atoms with Crippen LogP contribution in [0.4, 0.5) is 0 Å². The van der Waals surface area contributed by atoms with Gasteiger partial charge in [0.15, 0.2) is 0 Å². The first-order valence-corrected chi connectivity index (χ1v) is 9.11. The lowest BCUT2D eigenvalue weighted by atomic mass is 10.7. The standard InChI is InChI=1S/C10H24O4Si/c1-15(2,3)10-14-9-8-13-7-6-12-5-4-11/h11H,4-10H2,1-3H3. The second-order valence-corrected chi connectivity index (χ2v) is 9.97. The number of ether oxygens (including phenoxy) is 3. The molecule has 0 amide bonds. The van der Waals surface area contributed by atoms with Crippen molar-refractivity contribution in [3.8, 4) is 0 Å². The van der Waals surface area contributed by atoms with E-state index in [1.807, 2.05) is 0 Å².